The third kappa shape index (κ3) is 3.31. The van der Waals surface area contributed by atoms with E-state index in [1.54, 1.807) is 23.1 Å². The summed E-state index contributed by atoms with van der Waals surface area (Å²) in [6, 6.07) is 10.7. The molecule has 0 unspecified atom stereocenters. The number of piperazine rings is 1. The van der Waals surface area contributed by atoms with Crippen molar-refractivity contribution in [3.63, 3.8) is 0 Å². The van der Waals surface area contributed by atoms with Gasteiger partial charge in [0.05, 0.1) is 11.8 Å². The van der Waals surface area contributed by atoms with Gasteiger partial charge in [-0.25, -0.2) is 0 Å². The molecule has 5 aliphatic rings. The molecule has 0 radical (unpaired) electrons. The number of ether oxygens (including phenoxy) is 1. The fourth-order valence-corrected chi connectivity index (χ4v) is 6.18. The second-order valence-corrected chi connectivity index (χ2v) is 9.62. The zero-order valence-corrected chi connectivity index (χ0v) is 18.4. The first-order valence-electron chi connectivity index (χ1n) is 11.8. The summed E-state index contributed by atoms with van der Waals surface area (Å²) in [4.78, 5) is 42.4. The summed E-state index contributed by atoms with van der Waals surface area (Å²) in [5, 5.41) is 3.15. The van der Waals surface area contributed by atoms with Gasteiger partial charge in [0.15, 0.2) is 11.5 Å². The third-order valence-electron chi connectivity index (χ3n) is 7.89. The zero-order chi connectivity index (χ0) is 22.6. The van der Waals surface area contributed by atoms with Gasteiger partial charge in [-0.05, 0) is 49.4 Å². The molecule has 1 spiro atoms. The van der Waals surface area contributed by atoms with Crippen molar-refractivity contribution < 1.29 is 23.5 Å². The van der Waals surface area contributed by atoms with E-state index >= 15 is 0 Å². The average molecular weight is 450 g/mol. The van der Waals surface area contributed by atoms with Gasteiger partial charge >= 0.3 is 0 Å². The first kappa shape index (κ1) is 20.3. The molecule has 8 nitrogen and oxygen atoms in total. The Bertz CT molecular complexity index is 1090. The van der Waals surface area contributed by atoms with Crippen LogP contribution >= 0.6 is 0 Å². The summed E-state index contributed by atoms with van der Waals surface area (Å²) in [5.41, 5.74) is -0.140. The monoisotopic (exact) mass is 449 g/mol. The number of carbonyl (C=O) groups is 3. The summed E-state index contributed by atoms with van der Waals surface area (Å²) >= 11 is 0. The van der Waals surface area contributed by atoms with Crippen molar-refractivity contribution in [2.75, 3.05) is 26.2 Å². The fourth-order valence-electron chi connectivity index (χ4n) is 6.18. The van der Waals surface area contributed by atoms with E-state index in [9.17, 15) is 14.4 Å². The quantitative estimate of drug-likeness (QED) is 0.761. The predicted octanol–water partition coefficient (Wildman–Crippen LogP) is 2.52. The van der Waals surface area contributed by atoms with E-state index in [-0.39, 0.29) is 35.5 Å². The molecule has 7 rings (SSSR count). The molecule has 1 aromatic heterocycles. The first-order chi connectivity index (χ1) is 16.0. The normalized spacial score (nSPS) is 30.5. The fraction of sp³-hybridized carbons (Fsp3) is 0.480. The molecule has 2 aliphatic heterocycles. The summed E-state index contributed by atoms with van der Waals surface area (Å²) in [6.07, 6.45) is 4.79. The molecule has 3 aliphatic carbocycles. The van der Waals surface area contributed by atoms with Gasteiger partial charge in [0.25, 0.3) is 11.8 Å². The number of para-hydroxylation sites is 1. The molecule has 8 heteroatoms. The molecule has 3 heterocycles. The molecular weight excluding hydrogens is 422 g/mol. The van der Waals surface area contributed by atoms with Crippen LogP contribution in [0.25, 0.3) is 0 Å². The van der Waals surface area contributed by atoms with Crippen molar-refractivity contribution in [2.45, 2.75) is 31.4 Å². The van der Waals surface area contributed by atoms with Crippen molar-refractivity contribution in [1.82, 2.24) is 15.1 Å². The van der Waals surface area contributed by atoms with E-state index in [1.165, 1.54) is 6.26 Å². The minimum atomic E-state index is -0.709. The Balaban J connectivity index is 1.12. The molecule has 172 valence electrons. The highest BCUT2D eigenvalue weighted by molar-refractivity contribution is 5.98. The van der Waals surface area contributed by atoms with Gasteiger partial charge in [0.2, 0.25) is 5.91 Å². The number of hydrogen-bond acceptors (Lipinski definition) is 5. The molecule has 4 atom stereocenters. The van der Waals surface area contributed by atoms with Crippen LogP contribution in [-0.4, -0.2) is 59.4 Å². The Morgan fingerprint density at radius 1 is 1.00 bits per heavy atom. The Labute approximate surface area is 191 Å². The minimum Gasteiger partial charge on any atom is -0.467 e. The van der Waals surface area contributed by atoms with Crippen LogP contribution in [0.1, 0.15) is 46.6 Å². The van der Waals surface area contributed by atoms with Gasteiger partial charge in [0.1, 0.15) is 5.75 Å². The number of nitrogens with one attached hydrogen (secondary N) is 1. The van der Waals surface area contributed by atoms with Crippen LogP contribution < -0.4 is 10.1 Å². The van der Waals surface area contributed by atoms with Crippen molar-refractivity contribution in [3.05, 3.63) is 54.0 Å². The molecule has 4 fully saturated rings. The number of amides is 3. The molecule has 1 aromatic carbocycles. The van der Waals surface area contributed by atoms with E-state index in [0.29, 0.717) is 49.7 Å². The molecule has 2 aromatic rings. The predicted molar refractivity (Wildman–Crippen MR) is 117 cm³/mol. The maximum atomic E-state index is 13.5. The Hall–Kier alpha value is -3.29. The molecule has 1 saturated heterocycles. The lowest BCUT2D eigenvalue weighted by molar-refractivity contribution is -0.156. The van der Waals surface area contributed by atoms with E-state index < -0.39 is 5.72 Å². The summed E-state index contributed by atoms with van der Waals surface area (Å²) < 4.78 is 11.6. The number of carbonyl (C=O) groups excluding carboxylic acids is 3. The number of fused-ring (bicyclic) bond motifs is 3. The van der Waals surface area contributed by atoms with Crippen LogP contribution in [0.4, 0.5) is 0 Å². The van der Waals surface area contributed by atoms with Gasteiger partial charge in [-0.3, -0.25) is 14.4 Å². The standard InChI is InChI=1S/C25H27N3O5/c29-22-18-4-1-2-5-20(18)33-25(26-22)15-16-7-8-17(25)14-19(16)23(30)27-9-11-28(12-10-27)24(31)21-6-3-13-32-21/h1-6,13,16-17,19H,7-12,14-15H2,(H,26,29)/t16-,17+,19-,25-/m1/s1. The first-order valence-corrected chi connectivity index (χ1v) is 11.8. The summed E-state index contributed by atoms with van der Waals surface area (Å²) in [5.74, 6) is 1.15. The van der Waals surface area contributed by atoms with Crippen LogP contribution in [0, 0.1) is 17.8 Å². The van der Waals surface area contributed by atoms with E-state index in [1.807, 2.05) is 23.1 Å². The molecular formula is C25H27N3O5. The Morgan fingerprint density at radius 2 is 1.79 bits per heavy atom. The molecule has 2 bridgehead atoms. The molecule has 1 N–H and O–H groups in total. The maximum Gasteiger partial charge on any atom is 0.289 e. The van der Waals surface area contributed by atoms with Crippen molar-refractivity contribution >= 4 is 17.7 Å². The lowest BCUT2D eigenvalue weighted by atomic mass is 9.59. The topological polar surface area (TPSA) is 92.1 Å². The Morgan fingerprint density at radius 3 is 2.52 bits per heavy atom. The summed E-state index contributed by atoms with van der Waals surface area (Å²) in [7, 11) is 0. The highest BCUT2D eigenvalue weighted by Crippen LogP contribution is 2.52. The van der Waals surface area contributed by atoms with Gasteiger partial charge in [-0.15, -0.1) is 0 Å². The van der Waals surface area contributed by atoms with Gasteiger partial charge in [-0.2, -0.15) is 0 Å². The second-order valence-electron chi connectivity index (χ2n) is 9.62. The van der Waals surface area contributed by atoms with Gasteiger partial charge in [0, 0.05) is 44.4 Å². The second kappa shape index (κ2) is 7.64. The average Bonchev–Trinajstić information content (AvgIpc) is 3.39. The number of rotatable bonds is 2. The number of furan rings is 1. The highest BCUT2D eigenvalue weighted by atomic mass is 16.5. The van der Waals surface area contributed by atoms with Crippen LogP contribution in [0.3, 0.4) is 0 Å². The number of hydrogen-bond donors (Lipinski definition) is 1. The maximum absolute atomic E-state index is 13.5. The molecule has 3 amide bonds. The van der Waals surface area contributed by atoms with E-state index in [2.05, 4.69) is 5.32 Å². The Kier molecular flexibility index (Phi) is 4.71. The van der Waals surface area contributed by atoms with Crippen molar-refractivity contribution in [2.24, 2.45) is 17.8 Å². The summed E-state index contributed by atoms with van der Waals surface area (Å²) in [6.45, 7) is 2.08. The minimum absolute atomic E-state index is 0.0561. The lowest BCUT2D eigenvalue weighted by Gasteiger charge is -2.55. The SMILES string of the molecule is O=C1N[C@]2(C[C@H]3CC[C@H]2C[C@H]3C(=O)N2CCN(C(=O)c3ccco3)CC2)Oc2ccccc21. The largest absolute Gasteiger partial charge is 0.467 e. The lowest BCUT2D eigenvalue weighted by Crippen LogP contribution is -2.67. The van der Waals surface area contributed by atoms with Crippen LogP contribution in [0.5, 0.6) is 5.75 Å². The number of nitrogens with zero attached hydrogens (tertiary/aromatic N) is 2. The molecule has 3 saturated carbocycles. The van der Waals surface area contributed by atoms with E-state index in [0.717, 1.165) is 19.3 Å². The highest BCUT2D eigenvalue weighted by Gasteiger charge is 2.57. The smallest absolute Gasteiger partial charge is 0.289 e. The van der Waals surface area contributed by atoms with Crippen LogP contribution in [0.2, 0.25) is 0 Å². The van der Waals surface area contributed by atoms with Gasteiger partial charge < -0.3 is 24.3 Å². The van der Waals surface area contributed by atoms with Crippen LogP contribution in [-0.2, 0) is 4.79 Å². The third-order valence-corrected chi connectivity index (χ3v) is 7.89. The van der Waals surface area contributed by atoms with Crippen molar-refractivity contribution in [3.8, 4) is 5.75 Å². The van der Waals surface area contributed by atoms with Gasteiger partial charge in [-0.1, -0.05) is 12.1 Å². The van der Waals surface area contributed by atoms with Crippen molar-refractivity contribution in [1.29, 1.82) is 0 Å². The number of benzene rings is 1. The molecule has 33 heavy (non-hydrogen) atoms. The van der Waals surface area contributed by atoms with Crippen LogP contribution in [0.15, 0.2) is 47.1 Å². The zero-order valence-electron chi connectivity index (χ0n) is 18.4. The van der Waals surface area contributed by atoms with E-state index in [4.69, 9.17) is 9.15 Å².